The minimum Gasteiger partial charge on any atom is -0.348 e. The summed E-state index contributed by atoms with van der Waals surface area (Å²) in [5, 5.41) is 0. The Labute approximate surface area is 208 Å². The van der Waals surface area contributed by atoms with Gasteiger partial charge in [0, 0.05) is 37.7 Å². The second-order valence-corrected chi connectivity index (χ2v) is 12.6. The van der Waals surface area contributed by atoms with Gasteiger partial charge in [0.15, 0.2) is 17.9 Å². The van der Waals surface area contributed by atoms with E-state index in [1.54, 1.807) is 6.07 Å². The summed E-state index contributed by atoms with van der Waals surface area (Å²) in [5.41, 5.74) is 0.722. The van der Waals surface area contributed by atoms with Crippen LogP contribution in [0.5, 0.6) is 0 Å². The van der Waals surface area contributed by atoms with Crippen LogP contribution in [-0.4, -0.2) is 55.2 Å². The van der Waals surface area contributed by atoms with E-state index in [4.69, 9.17) is 9.47 Å². The summed E-state index contributed by atoms with van der Waals surface area (Å²) in [6.45, 7) is 12.5. The van der Waals surface area contributed by atoms with Crippen LogP contribution < -0.4 is 0 Å². The standard InChI is InChI=1S/C28H40F2N2O3/c1-26(2)11-8-22-27(3,21(26)10-13-32-15-14-31(5)25(32)33)12-9-23-28(22,4)17-34-24(35-23)18-6-7-19(29)20(30)16-18/h6-7,16,21-24H,8-15,17H2,1-5H3/t21-,22?,23-,24-,27+,28+/m1/s1. The molecule has 2 aliphatic heterocycles. The van der Waals surface area contributed by atoms with E-state index in [1.165, 1.54) is 6.07 Å². The van der Waals surface area contributed by atoms with Crippen molar-refractivity contribution in [3.05, 3.63) is 35.4 Å². The lowest BCUT2D eigenvalue weighted by atomic mass is 9.42. The molecule has 0 radical (unpaired) electrons. The Hall–Kier alpha value is -1.73. The summed E-state index contributed by atoms with van der Waals surface area (Å²) in [5.74, 6) is -0.802. The Morgan fingerprint density at radius 3 is 2.49 bits per heavy atom. The van der Waals surface area contributed by atoms with Crippen molar-refractivity contribution in [1.82, 2.24) is 9.80 Å². The molecule has 2 saturated carbocycles. The Bertz CT molecular complexity index is 987. The summed E-state index contributed by atoms with van der Waals surface area (Å²) in [7, 11) is 1.88. The number of hydrogen-bond acceptors (Lipinski definition) is 3. The molecule has 2 heterocycles. The molecule has 0 aromatic heterocycles. The van der Waals surface area contributed by atoms with Crippen LogP contribution in [0.4, 0.5) is 13.6 Å². The van der Waals surface area contributed by atoms with Crippen molar-refractivity contribution in [1.29, 1.82) is 0 Å². The number of nitrogens with zero attached hydrogens (tertiary/aromatic N) is 2. The number of carbonyl (C=O) groups excluding carboxylic acids is 1. The summed E-state index contributed by atoms with van der Waals surface area (Å²) in [6, 6.07) is 4.02. The first-order valence-corrected chi connectivity index (χ1v) is 13.2. The maximum atomic E-state index is 13.8. The van der Waals surface area contributed by atoms with E-state index in [2.05, 4.69) is 27.7 Å². The maximum Gasteiger partial charge on any atom is 0.319 e. The molecule has 1 unspecified atom stereocenters. The molecule has 0 bridgehead atoms. The molecule has 2 aliphatic carbocycles. The van der Waals surface area contributed by atoms with E-state index in [1.807, 2.05) is 16.8 Å². The molecule has 1 aromatic carbocycles. The van der Waals surface area contributed by atoms with Gasteiger partial charge >= 0.3 is 6.03 Å². The SMILES string of the molecule is CN1CCN(CC[C@@H]2C(C)(C)CCC3[C@]4(C)CO[C@@H](c5ccc(F)c(F)c5)O[C@@H]4CC[C@]32C)C1=O. The van der Waals surface area contributed by atoms with Gasteiger partial charge in [-0.05, 0) is 66.9 Å². The molecule has 5 nitrogen and oxygen atoms in total. The van der Waals surface area contributed by atoms with Gasteiger partial charge < -0.3 is 19.3 Å². The first-order valence-electron chi connectivity index (χ1n) is 13.2. The van der Waals surface area contributed by atoms with Crippen molar-refractivity contribution in [2.75, 3.05) is 33.3 Å². The number of fused-ring (bicyclic) bond motifs is 3. The largest absolute Gasteiger partial charge is 0.348 e. The van der Waals surface area contributed by atoms with Gasteiger partial charge in [-0.15, -0.1) is 0 Å². The molecule has 2 amide bonds. The number of carbonyl (C=O) groups is 1. The molecule has 194 valence electrons. The second kappa shape index (κ2) is 8.69. The summed E-state index contributed by atoms with van der Waals surface area (Å²) in [6.07, 6.45) is 4.61. The van der Waals surface area contributed by atoms with Crippen LogP contribution in [0.15, 0.2) is 18.2 Å². The quantitative estimate of drug-likeness (QED) is 0.520. The molecule has 0 spiro atoms. The molecule has 35 heavy (non-hydrogen) atoms. The predicted octanol–water partition coefficient (Wildman–Crippen LogP) is 6.00. The van der Waals surface area contributed by atoms with E-state index in [-0.39, 0.29) is 28.4 Å². The zero-order valence-electron chi connectivity index (χ0n) is 21.8. The van der Waals surface area contributed by atoms with Crippen molar-refractivity contribution >= 4 is 6.03 Å². The molecular weight excluding hydrogens is 450 g/mol. The van der Waals surface area contributed by atoms with Gasteiger partial charge in [-0.1, -0.05) is 33.8 Å². The number of rotatable bonds is 4. The number of benzene rings is 1. The van der Waals surface area contributed by atoms with Gasteiger partial charge in [-0.3, -0.25) is 0 Å². The lowest BCUT2D eigenvalue weighted by molar-refractivity contribution is -0.314. The third-order valence-electron chi connectivity index (χ3n) is 10.1. The molecular formula is C28H40F2N2O3. The van der Waals surface area contributed by atoms with Crippen LogP contribution in [0.2, 0.25) is 0 Å². The Morgan fingerprint density at radius 1 is 1.03 bits per heavy atom. The van der Waals surface area contributed by atoms with Crippen molar-refractivity contribution in [2.45, 2.75) is 72.2 Å². The van der Waals surface area contributed by atoms with Gasteiger partial charge in [-0.25, -0.2) is 13.6 Å². The monoisotopic (exact) mass is 490 g/mol. The molecule has 4 aliphatic rings. The normalized spacial score (nSPS) is 38.9. The van der Waals surface area contributed by atoms with E-state index in [9.17, 15) is 13.6 Å². The van der Waals surface area contributed by atoms with E-state index >= 15 is 0 Å². The van der Waals surface area contributed by atoms with E-state index in [0.717, 1.165) is 57.8 Å². The highest BCUT2D eigenvalue weighted by Crippen LogP contribution is 2.66. The van der Waals surface area contributed by atoms with Crippen molar-refractivity contribution in [3.63, 3.8) is 0 Å². The third-order valence-corrected chi connectivity index (χ3v) is 10.1. The van der Waals surface area contributed by atoms with E-state index in [0.29, 0.717) is 24.0 Å². The van der Waals surface area contributed by atoms with Crippen LogP contribution in [0.1, 0.15) is 71.7 Å². The average molecular weight is 491 g/mol. The minimum atomic E-state index is -0.876. The van der Waals surface area contributed by atoms with Crippen molar-refractivity contribution < 1.29 is 23.0 Å². The topological polar surface area (TPSA) is 42.0 Å². The van der Waals surface area contributed by atoms with Crippen LogP contribution in [0, 0.1) is 39.7 Å². The fraction of sp³-hybridized carbons (Fsp3) is 0.750. The number of amides is 2. The van der Waals surface area contributed by atoms with Gasteiger partial charge in [-0.2, -0.15) is 0 Å². The summed E-state index contributed by atoms with van der Waals surface area (Å²) < 4.78 is 40.0. The van der Waals surface area contributed by atoms with Gasteiger partial charge in [0.05, 0.1) is 12.7 Å². The summed E-state index contributed by atoms with van der Waals surface area (Å²) >= 11 is 0. The number of ether oxygens (including phenoxy) is 2. The Kier molecular flexibility index (Phi) is 6.19. The molecule has 2 saturated heterocycles. The first kappa shape index (κ1) is 24.9. The first-order chi connectivity index (χ1) is 16.5. The number of hydrogen-bond donors (Lipinski definition) is 0. The number of halogens is 2. The number of likely N-dealkylation sites (N-methyl/N-ethyl adjacent to an activating group) is 1. The van der Waals surface area contributed by atoms with Crippen molar-refractivity contribution in [2.24, 2.45) is 28.1 Å². The Balaban J connectivity index is 1.35. The smallest absolute Gasteiger partial charge is 0.319 e. The summed E-state index contributed by atoms with van der Waals surface area (Å²) in [4.78, 5) is 16.3. The highest BCUT2D eigenvalue weighted by molar-refractivity contribution is 5.76. The second-order valence-electron chi connectivity index (χ2n) is 12.6. The average Bonchev–Trinajstić information content (AvgIpc) is 3.11. The zero-order valence-corrected chi connectivity index (χ0v) is 21.8. The zero-order chi connectivity index (χ0) is 25.2. The highest BCUT2D eigenvalue weighted by Gasteiger charge is 2.62. The molecule has 0 N–H and O–H groups in total. The van der Waals surface area contributed by atoms with Crippen LogP contribution in [0.3, 0.4) is 0 Å². The van der Waals surface area contributed by atoms with Gasteiger partial charge in [0.25, 0.3) is 0 Å². The van der Waals surface area contributed by atoms with E-state index < -0.39 is 17.9 Å². The predicted molar refractivity (Wildman–Crippen MR) is 130 cm³/mol. The molecule has 7 heteroatoms. The van der Waals surface area contributed by atoms with Crippen LogP contribution in [-0.2, 0) is 9.47 Å². The fourth-order valence-electron chi connectivity index (χ4n) is 8.19. The fourth-order valence-corrected chi connectivity index (χ4v) is 8.19. The highest BCUT2D eigenvalue weighted by atomic mass is 19.2. The Morgan fingerprint density at radius 2 is 1.80 bits per heavy atom. The van der Waals surface area contributed by atoms with Gasteiger partial charge in [0.2, 0.25) is 0 Å². The maximum absolute atomic E-state index is 13.8. The van der Waals surface area contributed by atoms with Gasteiger partial charge in [0.1, 0.15) is 0 Å². The van der Waals surface area contributed by atoms with Crippen LogP contribution in [0.25, 0.3) is 0 Å². The lowest BCUT2D eigenvalue weighted by Crippen LogP contribution is -2.62. The molecule has 6 atom stereocenters. The number of urea groups is 1. The third kappa shape index (κ3) is 4.07. The lowest BCUT2D eigenvalue weighted by Gasteiger charge is -2.65. The molecule has 4 fully saturated rings. The van der Waals surface area contributed by atoms with Crippen molar-refractivity contribution in [3.8, 4) is 0 Å². The van der Waals surface area contributed by atoms with Crippen LogP contribution >= 0.6 is 0 Å². The molecule has 1 aromatic rings. The molecule has 5 rings (SSSR count). The minimum absolute atomic E-state index is 0.0168.